The van der Waals surface area contributed by atoms with Crippen LogP contribution in [0.5, 0.6) is 0 Å². The van der Waals surface area contributed by atoms with Gasteiger partial charge in [-0.25, -0.2) is 0 Å². The summed E-state index contributed by atoms with van der Waals surface area (Å²) in [7, 11) is 4.08. The van der Waals surface area contributed by atoms with Gasteiger partial charge < -0.3 is 25.8 Å². The number of rotatable bonds is 8. The Morgan fingerprint density at radius 2 is 1.31 bits per heavy atom. The van der Waals surface area contributed by atoms with Crippen molar-refractivity contribution in [3.63, 3.8) is 0 Å². The van der Waals surface area contributed by atoms with Gasteiger partial charge in [0.25, 0.3) is 0 Å². The van der Waals surface area contributed by atoms with Crippen LogP contribution in [0.15, 0.2) is 48.5 Å². The fraction of sp³-hybridized carbons (Fsp3) is 0.300. The first-order chi connectivity index (χ1) is 13.8. The first kappa shape index (κ1) is 23.6. The smallest absolute Gasteiger partial charge is 0.173 e. The molecule has 0 heterocycles. The average Bonchev–Trinajstić information content (AvgIpc) is 2.68. The van der Waals surface area contributed by atoms with Crippen LogP contribution in [0.3, 0.4) is 0 Å². The highest BCUT2D eigenvalue weighted by Gasteiger charge is 2.11. The highest BCUT2D eigenvalue weighted by atomic mass is 35.5. The van der Waals surface area contributed by atoms with Crippen molar-refractivity contribution in [2.75, 3.05) is 50.9 Å². The number of thiocarbonyl (C=S) groups is 2. The van der Waals surface area contributed by atoms with Crippen molar-refractivity contribution >= 4 is 69.2 Å². The van der Waals surface area contributed by atoms with Crippen molar-refractivity contribution in [2.24, 2.45) is 0 Å². The van der Waals surface area contributed by atoms with Crippen LogP contribution < -0.4 is 16.0 Å². The second-order valence-electron chi connectivity index (χ2n) is 6.62. The van der Waals surface area contributed by atoms with Crippen LogP contribution >= 0.6 is 47.6 Å². The van der Waals surface area contributed by atoms with E-state index in [1.807, 2.05) is 62.6 Å². The number of likely N-dealkylation sites (N-methyl/N-ethyl adjacent to an activating group) is 1. The van der Waals surface area contributed by atoms with Gasteiger partial charge in [-0.3, -0.25) is 0 Å². The summed E-state index contributed by atoms with van der Waals surface area (Å²) < 4.78 is 0. The maximum Gasteiger partial charge on any atom is 0.173 e. The molecule has 0 unspecified atom stereocenters. The molecule has 2 aromatic carbocycles. The largest absolute Gasteiger partial charge is 0.361 e. The van der Waals surface area contributed by atoms with E-state index < -0.39 is 0 Å². The first-order valence-electron chi connectivity index (χ1n) is 9.10. The molecule has 2 rings (SSSR count). The predicted molar refractivity (Wildman–Crippen MR) is 133 cm³/mol. The average molecular weight is 470 g/mol. The third kappa shape index (κ3) is 9.14. The second kappa shape index (κ2) is 12.1. The molecule has 3 N–H and O–H groups in total. The molecule has 9 heteroatoms. The summed E-state index contributed by atoms with van der Waals surface area (Å²) >= 11 is 22.8. The highest BCUT2D eigenvalue weighted by Crippen LogP contribution is 2.14. The van der Waals surface area contributed by atoms with Crippen LogP contribution in [-0.4, -0.2) is 60.3 Å². The Bertz CT molecular complexity index is 798. The van der Waals surface area contributed by atoms with Gasteiger partial charge in [-0.2, -0.15) is 0 Å². The fourth-order valence-electron chi connectivity index (χ4n) is 2.38. The molecule has 0 saturated carbocycles. The van der Waals surface area contributed by atoms with Gasteiger partial charge in [0.05, 0.1) is 0 Å². The molecular formula is C20H25Cl2N5S2. The zero-order valence-corrected chi connectivity index (χ0v) is 19.6. The van der Waals surface area contributed by atoms with E-state index in [9.17, 15) is 0 Å². The molecule has 0 aliphatic heterocycles. The molecule has 0 aliphatic rings. The minimum atomic E-state index is 0.552. The molecule has 0 fully saturated rings. The molecule has 0 saturated heterocycles. The van der Waals surface area contributed by atoms with E-state index in [0.717, 1.165) is 24.5 Å². The van der Waals surface area contributed by atoms with Gasteiger partial charge in [0.1, 0.15) is 0 Å². The minimum absolute atomic E-state index is 0.552. The van der Waals surface area contributed by atoms with Crippen LogP contribution in [0, 0.1) is 0 Å². The summed E-state index contributed by atoms with van der Waals surface area (Å²) in [6, 6.07) is 14.9. The Labute approximate surface area is 193 Å². The van der Waals surface area contributed by atoms with Gasteiger partial charge in [-0.05, 0) is 87.1 Å². The van der Waals surface area contributed by atoms with Crippen LogP contribution in [0.25, 0.3) is 0 Å². The maximum atomic E-state index is 5.95. The van der Waals surface area contributed by atoms with Crippen molar-refractivity contribution in [2.45, 2.75) is 0 Å². The topological polar surface area (TPSA) is 42.6 Å². The molecule has 0 radical (unpaired) electrons. The Hall–Kier alpha value is -1.64. The number of anilines is 2. The van der Waals surface area contributed by atoms with E-state index in [4.69, 9.17) is 47.6 Å². The summed E-state index contributed by atoms with van der Waals surface area (Å²) in [5, 5.41) is 12.2. The van der Waals surface area contributed by atoms with E-state index in [-0.39, 0.29) is 0 Å². The van der Waals surface area contributed by atoms with Gasteiger partial charge in [-0.1, -0.05) is 23.2 Å². The molecular weight excluding hydrogens is 445 g/mol. The van der Waals surface area contributed by atoms with Crippen molar-refractivity contribution < 1.29 is 0 Å². The monoisotopic (exact) mass is 469 g/mol. The number of nitrogens with zero attached hydrogens (tertiary/aromatic N) is 2. The number of halogens is 2. The molecule has 2 aromatic rings. The SMILES string of the molecule is CN(C)CCN(CCNC(=S)Nc1ccc(Cl)cc1)C(=S)Nc1ccc(Cl)cc1. The lowest BCUT2D eigenvalue weighted by Crippen LogP contribution is -2.44. The molecule has 0 bridgehead atoms. The number of nitrogens with one attached hydrogen (secondary N) is 3. The highest BCUT2D eigenvalue weighted by molar-refractivity contribution is 7.80. The Balaban J connectivity index is 1.86. The third-order valence-electron chi connectivity index (χ3n) is 3.97. The minimum Gasteiger partial charge on any atom is -0.361 e. The van der Waals surface area contributed by atoms with Crippen molar-refractivity contribution in [1.29, 1.82) is 0 Å². The quantitative estimate of drug-likeness (QED) is 0.490. The standard InChI is InChI=1S/C20H25Cl2N5S2/c1-26(2)13-14-27(20(29)25-18-9-5-16(22)6-10-18)12-11-23-19(28)24-17-7-3-15(21)4-8-17/h3-10H,11-14H2,1-2H3,(H,25,29)(H2,23,24,28). The number of hydrogen-bond donors (Lipinski definition) is 3. The summed E-state index contributed by atoms with van der Waals surface area (Å²) in [6.07, 6.45) is 0. The summed E-state index contributed by atoms with van der Waals surface area (Å²) in [5.74, 6) is 0. The first-order valence-corrected chi connectivity index (χ1v) is 10.7. The second-order valence-corrected chi connectivity index (χ2v) is 8.28. The van der Waals surface area contributed by atoms with Gasteiger partial charge in [0.15, 0.2) is 10.2 Å². The zero-order chi connectivity index (χ0) is 21.2. The van der Waals surface area contributed by atoms with E-state index in [0.29, 0.717) is 33.4 Å². The normalized spacial score (nSPS) is 10.5. The molecule has 5 nitrogen and oxygen atoms in total. The van der Waals surface area contributed by atoms with E-state index in [1.165, 1.54) is 0 Å². The molecule has 0 atom stereocenters. The molecule has 29 heavy (non-hydrogen) atoms. The summed E-state index contributed by atoms with van der Waals surface area (Å²) in [6.45, 7) is 3.03. The van der Waals surface area contributed by atoms with Crippen LogP contribution in [0.1, 0.15) is 0 Å². The maximum absolute atomic E-state index is 5.95. The van der Waals surface area contributed by atoms with Crippen LogP contribution in [-0.2, 0) is 0 Å². The zero-order valence-electron chi connectivity index (χ0n) is 16.4. The third-order valence-corrected chi connectivity index (χ3v) is 5.08. The van der Waals surface area contributed by atoms with Crippen molar-refractivity contribution in [3.8, 4) is 0 Å². The lowest BCUT2D eigenvalue weighted by atomic mass is 10.3. The molecule has 0 spiro atoms. The van der Waals surface area contributed by atoms with Crippen molar-refractivity contribution in [1.82, 2.24) is 15.1 Å². The molecule has 156 valence electrons. The molecule has 0 amide bonds. The van der Waals surface area contributed by atoms with Gasteiger partial charge >= 0.3 is 0 Å². The lowest BCUT2D eigenvalue weighted by molar-refractivity contribution is 0.333. The lowest BCUT2D eigenvalue weighted by Gasteiger charge is -2.27. The summed E-state index contributed by atoms with van der Waals surface area (Å²) in [4.78, 5) is 4.24. The van der Waals surface area contributed by atoms with Crippen LogP contribution in [0.4, 0.5) is 11.4 Å². The fourth-order valence-corrected chi connectivity index (χ4v) is 3.16. The number of hydrogen-bond acceptors (Lipinski definition) is 3. The summed E-state index contributed by atoms with van der Waals surface area (Å²) in [5.41, 5.74) is 1.79. The van der Waals surface area contributed by atoms with Gasteiger partial charge in [-0.15, -0.1) is 0 Å². The van der Waals surface area contributed by atoms with Gasteiger partial charge in [0, 0.05) is 47.6 Å². The Morgan fingerprint density at radius 3 is 1.83 bits per heavy atom. The van der Waals surface area contributed by atoms with Crippen molar-refractivity contribution in [3.05, 3.63) is 58.6 Å². The predicted octanol–water partition coefficient (Wildman–Crippen LogP) is 4.54. The molecule has 0 aliphatic carbocycles. The number of benzene rings is 2. The Kier molecular flexibility index (Phi) is 9.90. The van der Waals surface area contributed by atoms with Crippen LogP contribution in [0.2, 0.25) is 10.0 Å². The Morgan fingerprint density at radius 1 is 0.793 bits per heavy atom. The van der Waals surface area contributed by atoms with Gasteiger partial charge in [0.2, 0.25) is 0 Å². The van der Waals surface area contributed by atoms with E-state index in [1.54, 1.807) is 0 Å². The van der Waals surface area contributed by atoms with E-state index >= 15 is 0 Å². The molecule has 0 aromatic heterocycles. The van der Waals surface area contributed by atoms with E-state index in [2.05, 4.69) is 25.8 Å².